The zero-order chi connectivity index (χ0) is 22.1. The Hall–Kier alpha value is -3.35. The minimum atomic E-state index is -0.140. The number of nitrogens with one attached hydrogen (secondary N) is 1. The van der Waals surface area contributed by atoms with Crippen LogP contribution in [0.5, 0.6) is 5.75 Å². The quantitative estimate of drug-likeness (QED) is 0.386. The zero-order valence-corrected chi connectivity index (χ0v) is 18.9. The molecule has 0 radical (unpaired) electrons. The number of pyridine rings is 1. The maximum atomic E-state index is 6.16. The summed E-state index contributed by atoms with van der Waals surface area (Å²) in [6.07, 6.45) is 3.85. The van der Waals surface area contributed by atoms with E-state index in [0.717, 1.165) is 28.5 Å². The largest absolute Gasteiger partial charge is 0.495 e. The average molecular weight is 461 g/mol. The first-order valence-electron chi connectivity index (χ1n) is 10.2. The number of aromatic nitrogens is 2. The van der Waals surface area contributed by atoms with Gasteiger partial charge < -0.3 is 19.5 Å². The Morgan fingerprint density at radius 2 is 1.75 bits per heavy atom. The number of nitrogens with zero attached hydrogens (tertiary/aromatic N) is 3. The lowest BCUT2D eigenvalue weighted by Crippen LogP contribution is -2.30. The monoisotopic (exact) mass is 460 g/mol. The summed E-state index contributed by atoms with van der Waals surface area (Å²) in [5.41, 5.74) is 3.91. The van der Waals surface area contributed by atoms with Crippen molar-refractivity contribution in [1.29, 1.82) is 0 Å². The van der Waals surface area contributed by atoms with E-state index in [1.54, 1.807) is 13.3 Å². The Bertz CT molecular complexity index is 1240. The first kappa shape index (κ1) is 20.5. The highest BCUT2D eigenvalue weighted by molar-refractivity contribution is 7.80. The highest BCUT2D eigenvalue weighted by Crippen LogP contribution is 2.43. The molecule has 7 heteroatoms. The average Bonchev–Trinajstić information content (AvgIpc) is 3.44. The van der Waals surface area contributed by atoms with Crippen LogP contribution in [-0.4, -0.2) is 21.8 Å². The van der Waals surface area contributed by atoms with Crippen molar-refractivity contribution < 1.29 is 4.74 Å². The molecule has 1 saturated heterocycles. The Labute approximate surface area is 197 Å². The van der Waals surface area contributed by atoms with Crippen molar-refractivity contribution in [2.75, 3.05) is 12.0 Å². The predicted molar refractivity (Wildman–Crippen MR) is 132 cm³/mol. The highest BCUT2D eigenvalue weighted by atomic mass is 35.5. The summed E-state index contributed by atoms with van der Waals surface area (Å²) in [6, 6.07) is 25.5. The van der Waals surface area contributed by atoms with E-state index >= 15 is 0 Å². The van der Waals surface area contributed by atoms with Crippen LogP contribution in [0.25, 0.3) is 5.69 Å². The lowest BCUT2D eigenvalue weighted by atomic mass is 10.0. The van der Waals surface area contributed by atoms with Gasteiger partial charge in [-0.25, -0.2) is 0 Å². The van der Waals surface area contributed by atoms with Gasteiger partial charge in [-0.1, -0.05) is 29.8 Å². The van der Waals surface area contributed by atoms with Gasteiger partial charge in [0.1, 0.15) is 11.8 Å². The van der Waals surface area contributed by atoms with Crippen molar-refractivity contribution in [3.63, 3.8) is 0 Å². The van der Waals surface area contributed by atoms with Gasteiger partial charge in [0.25, 0.3) is 0 Å². The maximum Gasteiger partial charge on any atom is 0.174 e. The molecule has 0 bridgehead atoms. The van der Waals surface area contributed by atoms with Crippen molar-refractivity contribution in [3.05, 3.63) is 108 Å². The van der Waals surface area contributed by atoms with Crippen LogP contribution in [0.1, 0.15) is 23.5 Å². The Morgan fingerprint density at radius 3 is 2.50 bits per heavy atom. The Balaban J connectivity index is 1.68. The molecular formula is C25H21ClN4OS. The topological polar surface area (TPSA) is 42.3 Å². The molecule has 4 aromatic rings. The molecule has 0 amide bonds. The SMILES string of the molecule is COc1ccccc1-n1cccc1C1C(c2ccccn2)NC(=S)N1c1ccc(Cl)cc1. The van der Waals surface area contributed by atoms with Crippen LogP contribution in [0.3, 0.4) is 0 Å². The van der Waals surface area contributed by atoms with Crippen molar-refractivity contribution >= 4 is 34.6 Å². The Morgan fingerprint density at radius 1 is 0.969 bits per heavy atom. The van der Waals surface area contributed by atoms with Crippen molar-refractivity contribution in [3.8, 4) is 11.4 Å². The molecule has 1 aliphatic rings. The summed E-state index contributed by atoms with van der Waals surface area (Å²) >= 11 is 12.0. The molecule has 2 atom stereocenters. The number of thiocarbonyl (C=S) groups is 1. The second-order valence-corrected chi connectivity index (χ2v) is 8.27. The van der Waals surface area contributed by atoms with Crippen molar-refractivity contribution in [1.82, 2.24) is 14.9 Å². The van der Waals surface area contributed by atoms with E-state index in [0.29, 0.717) is 10.1 Å². The molecule has 160 valence electrons. The van der Waals surface area contributed by atoms with Gasteiger partial charge in [-0.05, 0) is 72.9 Å². The second kappa shape index (κ2) is 8.65. The van der Waals surface area contributed by atoms with Crippen LogP contribution < -0.4 is 15.0 Å². The van der Waals surface area contributed by atoms with E-state index in [1.807, 2.05) is 79.0 Å². The number of methoxy groups -OCH3 is 1. The summed E-state index contributed by atoms with van der Waals surface area (Å²) < 4.78 is 7.79. The minimum absolute atomic E-state index is 0.136. The molecule has 2 unspecified atom stereocenters. The van der Waals surface area contributed by atoms with E-state index in [1.165, 1.54) is 0 Å². The van der Waals surface area contributed by atoms with Gasteiger partial charge in [-0.2, -0.15) is 0 Å². The van der Waals surface area contributed by atoms with Gasteiger partial charge in [0, 0.05) is 28.8 Å². The first-order chi connectivity index (χ1) is 15.7. The molecule has 1 aliphatic heterocycles. The van der Waals surface area contributed by atoms with Crippen LogP contribution in [0.4, 0.5) is 5.69 Å². The molecule has 0 saturated carbocycles. The lowest BCUT2D eigenvalue weighted by molar-refractivity contribution is 0.412. The number of benzene rings is 2. The molecule has 2 aromatic carbocycles. The van der Waals surface area contributed by atoms with Crippen molar-refractivity contribution in [2.45, 2.75) is 12.1 Å². The van der Waals surface area contributed by atoms with E-state index < -0.39 is 0 Å². The van der Waals surface area contributed by atoms with Crippen LogP contribution in [0.2, 0.25) is 5.02 Å². The summed E-state index contributed by atoms with van der Waals surface area (Å²) in [4.78, 5) is 6.76. The number of anilines is 1. The number of hydrogen-bond acceptors (Lipinski definition) is 3. The number of hydrogen-bond donors (Lipinski definition) is 1. The van der Waals surface area contributed by atoms with Gasteiger partial charge in [0.15, 0.2) is 5.11 Å². The summed E-state index contributed by atoms with van der Waals surface area (Å²) in [6.45, 7) is 0. The smallest absolute Gasteiger partial charge is 0.174 e. The van der Waals surface area contributed by atoms with Crippen LogP contribution >= 0.6 is 23.8 Å². The molecule has 32 heavy (non-hydrogen) atoms. The zero-order valence-electron chi connectivity index (χ0n) is 17.4. The molecule has 0 spiro atoms. The normalized spacial score (nSPS) is 17.9. The van der Waals surface area contributed by atoms with Crippen molar-refractivity contribution in [2.24, 2.45) is 0 Å². The van der Waals surface area contributed by atoms with Gasteiger partial charge in [-0.3, -0.25) is 4.98 Å². The molecule has 5 rings (SSSR count). The fourth-order valence-corrected chi connectivity index (χ4v) is 4.69. The molecule has 2 aromatic heterocycles. The number of rotatable bonds is 5. The Kier molecular flexibility index (Phi) is 5.55. The summed E-state index contributed by atoms with van der Waals surface area (Å²) in [5, 5.41) is 4.82. The van der Waals surface area contributed by atoms with Crippen LogP contribution in [0, 0.1) is 0 Å². The molecule has 3 heterocycles. The van der Waals surface area contributed by atoms with Crippen LogP contribution in [-0.2, 0) is 0 Å². The van der Waals surface area contributed by atoms with Crippen LogP contribution in [0.15, 0.2) is 91.3 Å². The number of para-hydroxylation sites is 2. The fourth-order valence-electron chi connectivity index (χ4n) is 4.22. The third-order valence-electron chi connectivity index (χ3n) is 5.63. The first-order valence-corrected chi connectivity index (χ1v) is 11.0. The fraction of sp³-hybridized carbons (Fsp3) is 0.120. The van der Waals surface area contributed by atoms with E-state index in [2.05, 4.69) is 25.8 Å². The van der Waals surface area contributed by atoms with Gasteiger partial charge in [0.2, 0.25) is 0 Å². The molecule has 1 N–H and O–H groups in total. The third-order valence-corrected chi connectivity index (χ3v) is 6.20. The standard InChI is InChI=1S/C25H21ClN4OS/c1-31-22-10-3-2-8-20(22)29-16-6-9-21(29)24-23(19-7-4-5-15-27-19)28-25(32)30(24)18-13-11-17(26)12-14-18/h2-16,23-24H,1H3,(H,28,32). The van der Waals surface area contributed by atoms with Gasteiger partial charge in [0.05, 0.1) is 24.5 Å². The summed E-state index contributed by atoms with van der Waals surface area (Å²) in [7, 11) is 1.69. The van der Waals surface area contributed by atoms with E-state index in [9.17, 15) is 0 Å². The molecule has 5 nitrogen and oxygen atoms in total. The highest BCUT2D eigenvalue weighted by Gasteiger charge is 2.42. The molecular weight excluding hydrogens is 440 g/mol. The minimum Gasteiger partial charge on any atom is -0.495 e. The predicted octanol–water partition coefficient (Wildman–Crippen LogP) is 5.71. The third kappa shape index (κ3) is 3.61. The summed E-state index contributed by atoms with van der Waals surface area (Å²) in [5.74, 6) is 0.797. The van der Waals surface area contributed by atoms with Gasteiger partial charge >= 0.3 is 0 Å². The maximum absolute atomic E-state index is 6.16. The molecule has 1 fully saturated rings. The number of halogens is 1. The van der Waals surface area contributed by atoms with E-state index in [4.69, 9.17) is 28.6 Å². The molecule has 0 aliphatic carbocycles. The van der Waals surface area contributed by atoms with Gasteiger partial charge in [-0.15, -0.1) is 0 Å². The number of ether oxygens (including phenoxy) is 1. The second-order valence-electron chi connectivity index (χ2n) is 7.45. The lowest BCUT2D eigenvalue weighted by Gasteiger charge is -2.29. The van der Waals surface area contributed by atoms with E-state index in [-0.39, 0.29) is 12.1 Å².